The molecule has 0 spiro atoms. The topological polar surface area (TPSA) is 136 Å². The second-order valence-corrected chi connectivity index (χ2v) is 12.5. The molecule has 1 saturated heterocycles. The molecule has 0 aliphatic carbocycles. The van der Waals surface area contributed by atoms with Gasteiger partial charge in [-0.25, -0.2) is 13.4 Å². The highest BCUT2D eigenvalue weighted by atomic mass is 32.2. The van der Waals surface area contributed by atoms with E-state index >= 15 is 0 Å². The molecule has 1 fully saturated rings. The molecule has 4 heterocycles. The van der Waals surface area contributed by atoms with E-state index in [1.54, 1.807) is 37.5 Å². The predicted octanol–water partition coefficient (Wildman–Crippen LogP) is 2.98. The molecule has 0 bridgehead atoms. The molecule has 0 saturated carbocycles. The summed E-state index contributed by atoms with van der Waals surface area (Å²) in [4.78, 5) is 27.5. The quantitative estimate of drug-likeness (QED) is 0.243. The normalized spacial score (nSPS) is 14.5. The lowest BCUT2D eigenvalue weighted by Gasteiger charge is -2.29. The van der Waals surface area contributed by atoms with Gasteiger partial charge in [0.05, 0.1) is 48.2 Å². The number of ether oxygens (including phenoxy) is 2. The number of hydrogen-bond acceptors (Lipinski definition) is 9. The Morgan fingerprint density at radius 1 is 1.12 bits per heavy atom. The van der Waals surface area contributed by atoms with Gasteiger partial charge in [0, 0.05) is 39.4 Å². The first-order valence-corrected chi connectivity index (χ1v) is 16.2. The number of aryl methyl sites for hydroxylation is 2. The molecular weight excluding hydrogens is 570 g/mol. The number of morpholine rings is 1. The van der Waals surface area contributed by atoms with E-state index in [-0.39, 0.29) is 29.4 Å². The van der Waals surface area contributed by atoms with Gasteiger partial charge in [0.15, 0.2) is 5.52 Å². The molecule has 5 rings (SSSR count). The van der Waals surface area contributed by atoms with Gasteiger partial charge in [-0.3, -0.25) is 19.4 Å². The molecule has 0 radical (unpaired) electrons. The Balaban J connectivity index is 1.57. The van der Waals surface area contributed by atoms with Crippen LogP contribution in [0.4, 0.5) is 0 Å². The SMILES string of the molecule is CCCOc1ccc(S(=O)(=O)N(CCN2CCOCC2)Cc2ccccn2)cc1-c1nc2c(CCC)nn(C)c2c(=O)[nH]1. The van der Waals surface area contributed by atoms with E-state index in [0.717, 1.165) is 31.6 Å². The molecule has 0 atom stereocenters. The number of hydrogen-bond donors (Lipinski definition) is 1. The number of aromatic nitrogens is 5. The van der Waals surface area contributed by atoms with Crippen LogP contribution in [-0.2, 0) is 34.8 Å². The predicted molar refractivity (Wildman–Crippen MR) is 163 cm³/mol. The number of nitrogens with one attached hydrogen (secondary N) is 1. The average molecular weight is 610 g/mol. The largest absolute Gasteiger partial charge is 0.493 e. The zero-order valence-electron chi connectivity index (χ0n) is 25.0. The van der Waals surface area contributed by atoms with Gasteiger partial charge in [0.1, 0.15) is 17.1 Å². The molecule has 12 nitrogen and oxygen atoms in total. The van der Waals surface area contributed by atoms with Gasteiger partial charge < -0.3 is 14.5 Å². The van der Waals surface area contributed by atoms with Crippen molar-refractivity contribution in [2.75, 3.05) is 46.0 Å². The van der Waals surface area contributed by atoms with Crippen molar-refractivity contribution in [3.8, 4) is 17.1 Å². The minimum Gasteiger partial charge on any atom is -0.493 e. The van der Waals surface area contributed by atoms with Gasteiger partial charge in [-0.1, -0.05) is 26.3 Å². The molecule has 1 aliphatic heterocycles. The molecule has 43 heavy (non-hydrogen) atoms. The maximum absolute atomic E-state index is 14.2. The van der Waals surface area contributed by atoms with Crippen LogP contribution >= 0.6 is 0 Å². The molecule has 1 aromatic carbocycles. The number of benzene rings is 1. The van der Waals surface area contributed by atoms with Crippen LogP contribution in [0.1, 0.15) is 38.1 Å². The summed E-state index contributed by atoms with van der Waals surface area (Å²) in [6.07, 6.45) is 3.91. The summed E-state index contributed by atoms with van der Waals surface area (Å²) in [5, 5.41) is 4.51. The van der Waals surface area contributed by atoms with Crippen molar-refractivity contribution in [1.82, 2.24) is 33.9 Å². The molecule has 1 aliphatic rings. The van der Waals surface area contributed by atoms with Crippen LogP contribution in [0.3, 0.4) is 0 Å². The van der Waals surface area contributed by atoms with Crippen LogP contribution < -0.4 is 10.3 Å². The monoisotopic (exact) mass is 609 g/mol. The lowest BCUT2D eigenvalue weighted by atomic mass is 10.1. The Labute approximate surface area is 251 Å². The van der Waals surface area contributed by atoms with Gasteiger partial charge in [0.25, 0.3) is 5.56 Å². The Hall–Kier alpha value is -3.65. The molecule has 0 amide bonds. The molecule has 13 heteroatoms. The Morgan fingerprint density at radius 3 is 2.65 bits per heavy atom. The van der Waals surface area contributed by atoms with Crippen LogP contribution in [-0.4, -0.2) is 88.4 Å². The molecule has 4 aromatic rings. The average Bonchev–Trinajstić information content (AvgIpc) is 3.34. The lowest BCUT2D eigenvalue weighted by molar-refractivity contribution is 0.0361. The van der Waals surface area contributed by atoms with Crippen LogP contribution in [0.5, 0.6) is 5.75 Å². The summed E-state index contributed by atoms with van der Waals surface area (Å²) < 4.78 is 43.0. The van der Waals surface area contributed by atoms with Gasteiger partial charge in [-0.2, -0.15) is 9.40 Å². The summed E-state index contributed by atoms with van der Waals surface area (Å²) >= 11 is 0. The minimum absolute atomic E-state index is 0.0759. The second kappa shape index (κ2) is 13.8. The van der Waals surface area contributed by atoms with Crippen LogP contribution in [0.25, 0.3) is 22.4 Å². The van der Waals surface area contributed by atoms with E-state index < -0.39 is 10.0 Å². The summed E-state index contributed by atoms with van der Waals surface area (Å²) in [6.45, 7) is 8.16. The van der Waals surface area contributed by atoms with Crippen molar-refractivity contribution in [3.63, 3.8) is 0 Å². The zero-order valence-corrected chi connectivity index (χ0v) is 25.8. The number of nitrogens with zero attached hydrogens (tertiary/aromatic N) is 6. The van der Waals surface area contributed by atoms with Crippen molar-refractivity contribution in [1.29, 1.82) is 0 Å². The summed E-state index contributed by atoms with van der Waals surface area (Å²) in [5.74, 6) is 0.671. The molecular formula is C30H39N7O5S. The van der Waals surface area contributed by atoms with E-state index in [4.69, 9.17) is 14.5 Å². The summed E-state index contributed by atoms with van der Waals surface area (Å²) in [7, 11) is -2.27. The first-order valence-electron chi connectivity index (χ1n) is 14.7. The van der Waals surface area contributed by atoms with E-state index in [1.165, 1.54) is 8.99 Å². The highest BCUT2D eigenvalue weighted by Gasteiger charge is 2.28. The van der Waals surface area contributed by atoms with E-state index in [2.05, 4.69) is 20.0 Å². The molecule has 3 aromatic heterocycles. The molecule has 1 N–H and O–H groups in total. The van der Waals surface area contributed by atoms with Crippen molar-refractivity contribution in [2.24, 2.45) is 7.05 Å². The third-order valence-electron chi connectivity index (χ3n) is 7.39. The summed E-state index contributed by atoms with van der Waals surface area (Å²) in [5.41, 5.74) is 2.28. The second-order valence-electron chi connectivity index (χ2n) is 10.6. The van der Waals surface area contributed by atoms with Crippen LogP contribution in [0, 0.1) is 0 Å². The fourth-order valence-electron chi connectivity index (χ4n) is 5.16. The Kier molecular flexibility index (Phi) is 9.86. The van der Waals surface area contributed by atoms with Gasteiger partial charge >= 0.3 is 0 Å². The van der Waals surface area contributed by atoms with Gasteiger partial charge in [0.2, 0.25) is 10.0 Å². The van der Waals surface area contributed by atoms with Crippen molar-refractivity contribution >= 4 is 21.1 Å². The number of H-pyrrole nitrogens is 1. The number of pyridine rings is 1. The Bertz CT molecular complexity index is 1700. The standard InChI is InChI=1S/C30H39N7O5S/c1-4-8-25-27-28(35(3)34-25)30(38)33-29(32-27)24-20-23(10-11-26(24)42-17-5-2)43(39,40)37(21-22-9-6-7-12-31-22)14-13-36-15-18-41-19-16-36/h6-7,9-12,20H,4-5,8,13-19,21H2,1-3H3,(H,32,33,38). The number of sulfonamides is 1. The third-order valence-corrected chi connectivity index (χ3v) is 9.23. The summed E-state index contributed by atoms with van der Waals surface area (Å²) in [6, 6.07) is 10.2. The Morgan fingerprint density at radius 2 is 1.93 bits per heavy atom. The third kappa shape index (κ3) is 6.96. The van der Waals surface area contributed by atoms with Crippen molar-refractivity contribution in [2.45, 2.75) is 44.6 Å². The van der Waals surface area contributed by atoms with Crippen molar-refractivity contribution < 1.29 is 17.9 Å². The van der Waals surface area contributed by atoms with Gasteiger partial charge in [-0.05, 0) is 43.2 Å². The molecule has 0 unspecified atom stereocenters. The maximum atomic E-state index is 14.2. The molecule has 230 valence electrons. The van der Waals surface area contributed by atoms with Crippen LogP contribution in [0.2, 0.25) is 0 Å². The number of aromatic amines is 1. The van der Waals surface area contributed by atoms with E-state index in [1.807, 2.05) is 26.0 Å². The van der Waals surface area contributed by atoms with E-state index in [0.29, 0.717) is 60.8 Å². The van der Waals surface area contributed by atoms with Crippen molar-refractivity contribution in [3.05, 3.63) is 64.3 Å². The van der Waals surface area contributed by atoms with Crippen LogP contribution in [0.15, 0.2) is 52.3 Å². The highest BCUT2D eigenvalue weighted by molar-refractivity contribution is 7.89. The lowest BCUT2D eigenvalue weighted by Crippen LogP contribution is -2.43. The fraction of sp³-hybridized carbons (Fsp3) is 0.467. The number of rotatable bonds is 13. The fourth-order valence-corrected chi connectivity index (χ4v) is 6.58. The smallest absolute Gasteiger partial charge is 0.277 e. The van der Waals surface area contributed by atoms with E-state index in [9.17, 15) is 13.2 Å². The zero-order chi connectivity index (χ0) is 30.4. The van der Waals surface area contributed by atoms with Gasteiger partial charge in [-0.15, -0.1) is 0 Å². The highest BCUT2D eigenvalue weighted by Crippen LogP contribution is 2.32. The number of fused-ring (bicyclic) bond motifs is 1. The maximum Gasteiger partial charge on any atom is 0.277 e. The first-order chi connectivity index (χ1) is 20.8. The minimum atomic E-state index is -3.99. The first kappa shape index (κ1) is 30.8.